The lowest BCUT2D eigenvalue weighted by Crippen LogP contribution is -2.53. The second-order valence-corrected chi connectivity index (χ2v) is 13.7. The van der Waals surface area contributed by atoms with E-state index in [1.807, 2.05) is 61.8 Å². The normalized spacial score (nSPS) is 15.2. The smallest absolute Gasteiger partial charge is 0.318 e. The van der Waals surface area contributed by atoms with Gasteiger partial charge in [0.15, 0.2) is 0 Å². The van der Waals surface area contributed by atoms with Crippen molar-refractivity contribution in [1.29, 1.82) is 0 Å². The maximum Gasteiger partial charge on any atom is 0.318 e. The van der Waals surface area contributed by atoms with Crippen LogP contribution in [0.4, 0.5) is 10.5 Å². The van der Waals surface area contributed by atoms with Gasteiger partial charge in [-0.3, -0.25) is 4.79 Å². The van der Waals surface area contributed by atoms with Crippen molar-refractivity contribution in [3.8, 4) is 10.4 Å². The molecule has 0 unspecified atom stereocenters. The van der Waals surface area contributed by atoms with Gasteiger partial charge in [-0.1, -0.05) is 67.6 Å². The molecule has 5 aromatic rings. The minimum absolute atomic E-state index is 0.199. The number of carbonyl (C=O) groups is 2. The highest BCUT2D eigenvalue weighted by molar-refractivity contribution is 7.13. The second kappa shape index (κ2) is 13.9. The fourth-order valence-corrected chi connectivity index (χ4v) is 7.51. The molecule has 8 heteroatoms. The van der Waals surface area contributed by atoms with Gasteiger partial charge in [-0.15, -0.1) is 11.3 Å². The minimum atomic E-state index is -0.797. The Balaban J connectivity index is 1.27. The average Bonchev–Trinajstić information content (AvgIpc) is 3.74. The summed E-state index contributed by atoms with van der Waals surface area (Å²) in [6.45, 7) is 6.22. The van der Waals surface area contributed by atoms with Gasteiger partial charge in [-0.05, 0) is 85.6 Å². The number of thiophene rings is 1. The van der Waals surface area contributed by atoms with Gasteiger partial charge in [0.1, 0.15) is 6.04 Å². The van der Waals surface area contributed by atoms with Crippen molar-refractivity contribution in [3.05, 3.63) is 113 Å². The number of nitrogens with zero attached hydrogens (tertiary/aromatic N) is 2. The van der Waals surface area contributed by atoms with Crippen molar-refractivity contribution >= 4 is 39.9 Å². The van der Waals surface area contributed by atoms with Gasteiger partial charge in [-0.2, -0.15) is 0 Å². The molecule has 3 amide bonds. The summed E-state index contributed by atoms with van der Waals surface area (Å²) in [5, 5.41) is 9.52. The van der Waals surface area contributed by atoms with Crippen LogP contribution in [0.3, 0.4) is 0 Å². The molecule has 238 valence electrons. The highest BCUT2D eigenvalue weighted by atomic mass is 32.1. The number of carbonyl (C=O) groups excluding carboxylic acids is 2. The maximum absolute atomic E-state index is 14.4. The number of aryl methyl sites for hydroxylation is 1. The third-order valence-electron chi connectivity index (χ3n) is 9.21. The standard InChI is InChI=1S/C38H43N5O2S/c1-25-10-5-6-11-29(25)28-17-19-43(20-18-28)38(45)41-36(26(2)32-23-39-33-13-8-7-12-30(32)33)37(44)40-34-22-27(24-42(3)4)15-16-31(34)35-14-9-21-46-35/h5-16,21-23,26,28,36,39H,17-20,24H2,1-4H3,(H,40,44)(H,41,45)/t26-,36+/m0/s1. The van der Waals surface area contributed by atoms with Crippen molar-refractivity contribution in [2.45, 2.75) is 51.1 Å². The quantitative estimate of drug-likeness (QED) is 0.154. The number of amides is 3. The van der Waals surface area contributed by atoms with Gasteiger partial charge < -0.3 is 25.4 Å². The van der Waals surface area contributed by atoms with Crippen LogP contribution in [0.25, 0.3) is 21.3 Å². The number of aromatic nitrogens is 1. The molecule has 1 saturated heterocycles. The summed E-state index contributed by atoms with van der Waals surface area (Å²) in [5.74, 6) is -0.0971. The molecular formula is C38H43N5O2S. The highest BCUT2D eigenvalue weighted by Crippen LogP contribution is 2.35. The van der Waals surface area contributed by atoms with E-state index >= 15 is 0 Å². The zero-order valence-corrected chi connectivity index (χ0v) is 27.9. The Labute approximate surface area is 275 Å². The molecule has 6 rings (SSSR count). The molecule has 0 radical (unpaired) electrons. The number of rotatable bonds is 9. The van der Waals surface area contributed by atoms with Crippen LogP contribution >= 0.6 is 11.3 Å². The van der Waals surface area contributed by atoms with Gasteiger partial charge in [0.05, 0.1) is 0 Å². The topological polar surface area (TPSA) is 80.5 Å². The van der Waals surface area contributed by atoms with Crippen LogP contribution in [-0.4, -0.2) is 59.9 Å². The third kappa shape index (κ3) is 6.88. The fourth-order valence-electron chi connectivity index (χ4n) is 6.75. The first-order valence-electron chi connectivity index (χ1n) is 16.1. The van der Waals surface area contributed by atoms with Crippen LogP contribution in [-0.2, 0) is 11.3 Å². The largest absolute Gasteiger partial charge is 0.361 e. The summed E-state index contributed by atoms with van der Waals surface area (Å²) >= 11 is 1.64. The van der Waals surface area contributed by atoms with Crippen LogP contribution in [0.2, 0.25) is 0 Å². The van der Waals surface area contributed by atoms with Crippen molar-refractivity contribution < 1.29 is 9.59 Å². The number of urea groups is 1. The molecule has 0 bridgehead atoms. The Morgan fingerprint density at radius 1 is 1.00 bits per heavy atom. The molecule has 1 aliphatic rings. The molecule has 3 heterocycles. The summed E-state index contributed by atoms with van der Waals surface area (Å²) in [4.78, 5) is 36.6. The fraction of sp³-hybridized carbons (Fsp3) is 0.316. The van der Waals surface area contributed by atoms with E-state index in [-0.39, 0.29) is 17.9 Å². The van der Waals surface area contributed by atoms with Crippen molar-refractivity contribution in [2.24, 2.45) is 0 Å². The third-order valence-corrected chi connectivity index (χ3v) is 10.1. The van der Waals surface area contributed by atoms with Crippen molar-refractivity contribution in [2.75, 3.05) is 32.5 Å². The molecule has 0 aliphatic carbocycles. The Morgan fingerprint density at radius 3 is 2.50 bits per heavy atom. The average molecular weight is 634 g/mol. The number of hydrogen-bond donors (Lipinski definition) is 3. The number of piperidine rings is 1. The summed E-state index contributed by atoms with van der Waals surface area (Å²) in [6.07, 6.45) is 3.76. The van der Waals surface area contributed by atoms with E-state index in [1.165, 1.54) is 11.1 Å². The van der Waals surface area contributed by atoms with E-state index in [9.17, 15) is 9.59 Å². The molecular weight excluding hydrogens is 591 g/mol. The number of fused-ring (bicyclic) bond motifs is 1. The van der Waals surface area contributed by atoms with Crippen molar-refractivity contribution in [1.82, 2.24) is 20.1 Å². The summed E-state index contributed by atoms with van der Waals surface area (Å²) in [6, 6.07) is 25.9. The molecule has 46 heavy (non-hydrogen) atoms. The molecule has 1 fully saturated rings. The van der Waals surface area contributed by atoms with E-state index in [1.54, 1.807) is 11.3 Å². The Morgan fingerprint density at radius 2 is 1.76 bits per heavy atom. The molecule has 3 aromatic carbocycles. The summed E-state index contributed by atoms with van der Waals surface area (Å²) < 4.78 is 0. The number of H-pyrrole nitrogens is 1. The Hall–Kier alpha value is -4.40. The number of anilines is 1. The number of hydrogen-bond acceptors (Lipinski definition) is 4. The first kappa shape index (κ1) is 31.6. The van der Waals surface area contributed by atoms with Crippen LogP contribution in [0.1, 0.15) is 53.9 Å². The Bertz CT molecular complexity index is 1800. The predicted octanol–water partition coefficient (Wildman–Crippen LogP) is 7.97. The summed E-state index contributed by atoms with van der Waals surface area (Å²) in [5.41, 5.74) is 7.48. The number of para-hydroxylation sites is 1. The predicted molar refractivity (Wildman–Crippen MR) is 190 cm³/mol. The summed E-state index contributed by atoms with van der Waals surface area (Å²) in [7, 11) is 4.06. The number of aromatic amines is 1. The molecule has 0 saturated carbocycles. The monoisotopic (exact) mass is 633 g/mol. The van der Waals surface area contributed by atoms with E-state index in [4.69, 9.17) is 0 Å². The molecule has 2 atom stereocenters. The van der Waals surface area contributed by atoms with E-state index in [0.717, 1.165) is 57.5 Å². The van der Waals surface area contributed by atoms with Gasteiger partial charge in [0.2, 0.25) is 5.91 Å². The maximum atomic E-state index is 14.4. The molecule has 2 aromatic heterocycles. The van der Waals surface area contributed by atoms with Crippen LogP contribution in [0, 0.1) is 6.92 Å². The SMILES string of the molecule is Cc1ccccc1C1CCN(C(=O)N[C@@H](C(=O)Nc2cc(CN(C)C)ccc2-c2cccs2)[C@@H](C)c2c[nH]c3ccccc23)CC1. The van der Waals surface area contributed by atoms with Gasteiger partial charge in [0, 0.05) is 58.8 Å². The van der Waals surface area contributed by atoms with Crippen LogP contribution in [0.15, 0.2) is 90.4 Å². The number of nitrogens with one attached hydrogen (secondary N) is 3. The first-order chi connectivity index (χ1) is 22.3. The van der Waals surface area contributed by atoms with Gasteiger partial charge >= 0.3 is 6.03 Å². The number of likely N-dealkylation sites (tertiary alicyclic amines) is 1. The lowest BCUT2D eigenvalue weighted by molar-refractivity contribution is -0.118. The molecule has 1 aliphatic heterocycles. The van der Waals surface area contributed by atoms with E-state index in [0.29, 0.717) is 19.0 Å². The van der Waals surface area contributed by atoms with E-state index in [2.05, 4.69) is 82.0 Å². The van der Waals surface area contributed by atoms with Gasteiger partial charge in [-0.25, -0.2) is 4.79 Å². The number of benzene rings is 3. The van der Waals surface area contributed by atoms with Crippen LogP contribution < -0.4 is 10.6 Å². The molecule has 3 N–H and O–H groups in total. The van der Waals surface area contributed by atoms with Crippen LogP contribution in [0.5, 0.6) is 0 Å². The Kier molecular flexibility index (Phi) is 9.56. The zero-order chi connectivity index (χ0) is 32.2. The minimum Gasteiger partial charge on any atom is -0.361 e. The van der Waals surface area contributed by atoms with E-state index < -0.39 is 6.04 Å². The lowest BCUT2D eigenvalue weighted by atomic mass is 9.87. The van der Waals surface area contributed by atoms with Crippen molar-refractivity contribution in [3.63, 3.8) is 0 Å². The second-order valence-electron chi connectivity index (χ2n) is 12.7. The molecule has 7 nitrogen and oxygen atoms in total. The lowest BCUT2D eigenvalue weighted by Gasteiger charge is -2.34. The highest BCUT2D eigenvalue weighted by Gasteiger charge is 2.33. The van der Waals surface area contributed by atoms with Gasteiger partial charge in [0.25, 0.3) is 0 Å². The molecule has 0 spiro atoms. The first-order valence-corrected chi connectivity index (χ1v) is 17.0. The zero-order valence-electron chi connectivity index (χ0n) is 27.0.